The minimum absolute atomic E-state index is 0.0146. The Morgan fingerprint density at radius 2 is 2.04 bits per heavy atom. The number of aromatic carboxylic acids is 1. The maximum Gasteiger partial charge on any atom is 0.337 e. The topological polar surface area (TPSA) is 106 Å². The minimum Gasteiger partial charge on any atom is -0.478 e. The monoisotopic (exact) mass is 344 g/mol. The van der Waals surface area contributed by atoms with Gasteiger partial charge in [0.05, 0.1) is 18.3 Å². The number of carboxylic acid groups (broad SMARTS) is 1. The molecule has 1 aliphatic rings. The summed E-state index contributed by atoms with van der Waals surface area (Å²) in [5.41, 5.74) is 0.362. The molecule has 2 aromatic rings. The Bertz CT molecular complexity index is 862. The van der Waals surface area contributed by atoms with Crippen molar-refractivity contribution in [2.45, 2.75) is 32.2 Å². The summed E-state index contributed by atoms with van der Waals surface area (Å²) in [6, 6.07) is 2.49. The molecule has 8 nitrogen and oxygen atoms in total. The number of carboxylic acids is 1. The molecule has 0 atom stereocenters. The minimum atomic E-state index is -1.10. The molecule has 0 aromatic carbocycles. The summed E-state index contributed by atoms with van der Waals surface area (Å²) >= 11 is 0. The van der Waals surface area contributed by atoms with Crippen LogP contribution in [-0.4, -0.2) is 31.3 Å². The highest BCUT2D eigenvalue weighted by atomic mass is 16.4. The standard InChI is InChI=1S/C17H20N4O4/c1-20-15(19-16(23)11-4-2-3-5-11)13(8-18-20)10-21-9-12(17(24)25)6-7-14(21)22/h6-9,11H,2-5,10H2,1H3,(H,19,23)(H,24,25). The summed E-state index contributed by atoms with van der Waals surface area (Å²) in [7, 11) is 1.71. The van der Waals surface area contributed by atoms with E-state index < -0.39 is 5.97 Å². The Hall–Kier alpha value is -2.90. The molecule has 1 amide bonds. The van der Waals surface area contributed by atoms with Gasteiger partial charge >= 0.3 is 5.97 Å². The van der Waals surface area contributed by atoms with Crippen LogP contribution in [0.4, 0.5) is 5.82 Å². The maximum absolute atomic E-state index is 12.4. The smallest absolute Gasteiger partial charge is 0.337 e. The van der Waals surface area contributed by atoms with Gasteiger partial charge in [-0.25, -0.2) is 4.79 Å². The van der Waals surface area contributed by atoms with E-state index in [-0.39, 0.29) is 29.5 Å². The van der Waals surface area contributed by atoms with Gasteiger partial charge in [-0.05, 0) is 18.9 Å². The lowest BCUT2D eigenvalue weighted by molar-refractivity contribution is -0.119. The normalized spacial score (nSPS) is 14.6. The van der Waals surface area contributed by atoms with Crippen molar-refractivity contribution in [2.75, 3.05) is 5.32 Å². The van der Waals surface area contributed by atoms with Crippen molar-refractivity contribution in [1.82, 2.24) is 14.3 Å². The molecule has 132 valence electrons. The van der Waals surface area contributed by atoms with E-state index in [2.05, 4.69) is 10.4 Å². The summed E-state index contributed by atoms with van der Waals surface area (Å²) in [5.74, 6) is -0.589. The largest absolute Gasteiger partial charge is 0.478 e. The molecule has 0 unspecified atom stereocenters. The summed E-state index contributed by atoms with van der Waals surface area (Å²) < 4.78 is 2.85. The van der Waals surface area contributed by atoms with Crippen LogP contribution < -0.4 is 10.9 Å². The molecule has 2 N–H and O–H groups in total. The maximum atomic E-state index is 12.4. The van der Waals surface area contributed by atoms with Crippen LogP contribution in [0.25, 0.3) is 0 Å². The number of amides is 1. The molecule has 1 fully saturated rings. The number of pyridine rings is 1. The Labute approximate surface area is 144 Å². The number of aromatic nitrogens is 3. The van der Waals surface area contributed by atoms with E-state index >= 15 is 0 Å². The zero-order valence-electron chi connectivity index (χ0n) is 13.9. The third-order valence-electron chi connectivity index (χ3n) is 4.55. The van der Waals surface area contributed by atoms with Crippen LogP contribution in [0.2, 0.25) is 0 Å². The second-order valence-electron chi connectivity index (χ2n) is 6.30. The van der Waals surface area contributed by atoms with Crippen molar-refractivity contribution < 1.29 is 14.7 Å². The van der Waals surface area contributed by atoms with E-state index in [0.29, 0.717) is 11.4 Å². The van der Waals surface area contributed by atoms with Crippen LogP contribution in [0.15, 0.2) is 29.3 Å². The molecule has 1 saturated carbocycles. The van der Waals surface area contributed by atoms with Gasteiger partial charge in [-0.15, -0.1) is 0 Å². The van der Waals surface area contributed by atoms with Gasteiger partial charge in [-0.3, -0.25) is 14.3 Å². The van der Waals surface area contributed by atoms with Crippen molar-refractivity contribution in [1.29, 1.82) is 0 Å². The molecule has 0 radical (unpaired) electrons. The molecular weight excluding hydrogens is 324 g/mol. The van der Waals surface area contributed by atoms with E-state index in [1.54, 1.807) is 17.9 Å². The summed E-state index contributed by atoms with van der Waals surface area (Å²) in [6.07, 6.45) is 6.77. The van der Waals surface area contributed by atoms with Crippen LogP contribution >= 0.6 is 0 Å². The van der Waals surface area contributed by atoms with Crippen molar-refractivity contribution >= 4 is 17.7 Å². The van der Waals surface area contributed by atoms with Crippen molar-refractivity contribution in [3.63, 3.8) is 0 Å². The van der Waals surface area contributed by atoms with Gasteiger partial charge in [0.25, 0.3) is 5.56 Å². The fraction of sp³-hybridized carbons (Fsp3) is 0.412. The van der Waals surface area contributed by atoms with Gasteiger partial charge in [0.2, 0.25) is 5.91 Å². The van der Waals surface area contributed by atoms with Crippen LogP contribution in [0, 0.1) is 5.92 Å². The first-order valence-electron chi connectivity index (χ1n) is 8.21. The first-order chi connectivity index (χ1) is 12.0. The lowest BCUT2D eigenvalue weighted by Crippen LogP contribution is -2.24. The number of hydrogen-bond acceptors (Lipinski definition) is 4. The van der Waals surface area contributed by atoms with Gasteiger partial charge < -0.3 is 15.0 Å². The zero-order valence-corrected chi connectivity index (χ0v) is 13.9. The predicted molar refractivity (Wildman–Crippen MR) is 90.6 cm³/mol. The first kappa shape index (κ1) is 16.9. The number of hydrogen-bond donors (Lipinski definition) is 2. The molecule has 0 saturated heterocycles. The highest BCUT2D eigenvalue weighted by Gasteiger charge is 2.24. The Morgan fingerprint density at radius 3 is 2.72 bits per heavy atom. The fourth-order valence-corrected chi connectivity index (χ4v) is 3.13. The third kappa shape index (κ3) is 3.62. The number of carbonyl (C=O) groups is 2. The van der Waals surface area contributed by atoms with Crippen molar-refractivity contribution in [3.05, 3.63) is 46.0 Å². The van der Waals surface area contributed by atoms with E-state index in [0.717, 1.165) is 25.7 Å². The molecule has 2 aromatic heterocycles. The number of anilines is 1. The van der Waals surface area contributed by atoms with Gasteiger partial charge in [0, 0.05) is 30.8 Å². The molecule has 8 heteroatoms. The molecule has 0 spiro atoms. The Kier molecular flexibility index (Phi) is 4.69. The number of nitrogens with one attached hydrogen (secondary N) is 1. The lowest BCUT2D eigenvalue weighted by atomic mass is 10.1. The zero-order chi connectivity index (χ0) is 18.0. The quantitative estimate of drug-likeness (QED) is 0.854. The van der Waals surface area contributed by atoms with Crippen LogP contribution in [0.1, 0.15) is 41.6 Å². The molecule has 3 rings (SSSR count). The van der Waals surface area contributed by atoms with E-state index in [4.69, 9.17) is 5.11 Å². The SMILES string of the molecule is Cn1ncc(Cn2cc(C(=O)O)ccc2=O)c1NC(=O)C1CCCC1. The van der Waals surface area contributed by atoms with Crippen molar-refractivity contribution in [3.8, 4) is 0 Å². The fourth-order valence-electron chi connectivity index (χ4n) is 3.13. The second kappa shape index (κ2) is 6.92. The molecule has 1 aliphatic carbocycles. The summed E-state index contributed by atoms with van der Waals surface area (Å²) in [4.78, 5) is 35.5. The molecule has 25 heavy (non-hydrogen) atoms. The summed E-state index contributed by atoms with van der Waals surface area (Å²) in [6.45, 7) is 0.133. The van der Waals surface area contributed by atoms with Crippen molar-refractivity contribution in [2.24, 2.45) is 13.0 Å². The average Bonchev–Trinajstić information content (AvgIpc) is 3.22. The third-order valence-corrected chi connectivity index (χ3v) is 4.55. The Balaban J connectivity index is 1.84. The van der Waals surface area contributed by atoms with E-state index in [9.17, 15) is 14.4 Å². The predicted octanol–water partition coefficient (Wildman–Crippen LogP) is 1.46. The first-order valence-corrected chi connectivity index (χ1v) is 8.21. The number of aryl methyl sites for hydroxylation is 1. The second-order valence-corrected chi connectivity index (χ2v) is 6.30. The van der Waals surface area contributed by atoms with E-state index in [1.807, 2.05) is 0 Å². The van der Waals surface area contributed by atoms with Gasteiger partial charge in [-0.2, -0.15) is 5.10 Å². The van der Waals surface area contributed by atoms with Gasteiger partial charge in [-0.1, -0.05) is 12.8 Å². The molecular formula is C17H20N4O4. The van der Waals surface area contributed by atoms with Crippen LogP contribution in [0.5, 0.6) is 0 Å². The van der Waals surface area contributed by atoms with Crippen LogP contribution in [0.3, 0.4) is 0 Å². The molecule has 2 heterocycles. The van der Waals surface area contributed by atoms with E-state index in [1.165, 1.54) is 22.9 Å². The number of rotatable bonds is 5. The average molecular weight is 344 g/mol. The highest BCUT2D eigenvalue weighted by Crippen LogP contribution is 2.26. The van der Waals surface area contributed by atoms with Gasteiger partial charge in [0.1, 0.15) is 5.82 Å². The summed E-state index contributed by atoms with van der Waals surface area (Å²) in [5, 5.41) is 16.1. The molecule has 0 bridgehead atoms. The number of nitrogens with zero attached hydrogens (tertiary/aromatic N) is 3. The van der Waals surface area contributed by atoms with Crippen LogP contribution in [-0.2, 0) is 18.4 Å². The Morgan fingerprint density at radius 1 is 1.32 bits per heavy atom. The molecule has 0 aliphatic heterocycles. The number of carbonyl (C=O) groups excluding carboxylic acids is 1. The lowest BCUT2D eigenvalue weighted by Gasteiger charge is -2.13. The highest BCUT2D eigenvalue weighted by molar-refractivity contribution is 5.92. The van der Waals surface area contributed by atoms with Gasteiger partial charge in [0.15, 0.2) is 0 Å².